The summed E-state index contributed by atoms with van der Waals surface area (Å²) in [5.74, 6) is -0.582. The predicted octanol–water partition coefficient (Wildman–Crippen LogP) is 1.66. The molecule has 0 aromatic heterocycles. The Bertz CT molecular complexity index is 853. The molecule has 2 aliphatic heterocycles. The van der Waals surface area contributed by atoms with Crippen LogP contribution in [0.1, 0.15) is 42.5 Å². The Hall–Kier alpha value is -1.41. The zero-order chi connectivity index (χ0) is 18.1. The van der Waals surface area contributed by atoms with E-state index in [1.807, 2.05) is 0 Å². The fraction of sp³-hybridized carbons (Fsp3) is 0.588. The number of benzene rings is 1. The minimum Gasteiger partial charge on any atom is -0.339 e. The van der Waals surface area contributed by atoms with Crippen molar-refractivity contribution in [2.45, 2.75) is 42.2 Å². The Labute approximate surface area is 149 Å². The van der Waals surface area contributed by atoms with Crippen molar-refractivity contribution in [2.24, 2.45) is 0 Å². The number of likely N-dealkylation sites (tertiary alicyclic amines) is 1. The number of carbonyl (C=O) groups excluding carboxylic acids is 1. The molecule has 0 spiro atoms. The van der Waals surface area contributed by atoms with Crippen LogP contribution in [0.15, 0.2) is 29.2 Å². The second-order valence-electron chi connectivity index (χ2n) is 6.80. The van der Waals surface area contributed by atoms with Crippen molar-refractivity contribution >= 4 is 25.6 Å². The first kappa shape index (κ1) is 18.4. The summed E-state index contributed by atoms with van der Waals surface area (Å²) >= 11 is 0. The average molecular weight is 386 g/mol. The van der Waals surface area contributed by atoms with Gasteiger partial charge in [-0.25, -0.2) is 16.8 Å². The second kappa shape index (κ2) is 7.07. The summed E-state index contributed by atoms with van der Waals surface area (Å²) in [5, 5.41) is -0.916. The fourth-order valence-electron chi connectivity index (χ4n) is 3.46. The van der Waals surface area contributed by atoms with Gasteiger partial charge in [-0.3, -0.25) is 4.79 Å². The highest BCUT2D eigenvalue weighted by molar-refractivity contribution is 7.96. The SMILES string of the molecule is O=C(c1cccc(S(=O)(=O)C2CCS(=O)(=O)C2)c1)N1CCCCCC1. The molecule has 2 aliphatic rings. The first-order valence-electron chi connectivity index (χ1n) is 8.63. The van der Waals surface area contributed by atoms with E-state index in [4.69, 9.17) is 0 Å². The molecule has 1 unspecified atom stereocenters. The van der Waals surface area contributed by atoms with Crippen LogP contribution in [0.3, 0.4) is 0 Å². The van der Waals surface area contributed by atoms with E-state index in [9.17, 15) is 21.6 Å². The zero-order valence-electron chi connectivity index (χ0n) is 14.1. The van der Waals surface area contributed by atoms with Crippen LogP contribution in [0.5, 0.6) is 0 Å². The predicted molar refractivity (Wildman–Crippen MR) is 95.1 cm³/mol. The van der Waals surface area contributed by atoms with E-state index >= 15 is 0 Å². The van der Waals surface area contributed by atoms with Gasteiger partial charge in [0.05, 0.1) is 21.7 Å². The highest BCUT2D eigenvalue weighted by Gasteiger charge is 2.38. The molecule has 1 atom stereocenters. The van der Waals surface area contributed by atoms with Crippen LogP contribution >= 0.6 is 0 Å². The van der Waals surface area contributed by atoms with E-state index in [1.54, 1.807) is 17.0 Å². The summed E-state index contributed by atoms with van der Waals surface area (Å²) in [5.41, 5.74) is 0.351. The molecule has 25 heavy (non-hydrogen) atoms. The number of hydrogen-bond donors (Lipinski definition) is 0. The minimum atomic E-state index is -3.75. The van der Waals surface area contributed by atoms with Crippen molar-refractivity contribution in [1.29, 1.82) is 0 Å². The lowest BCUT2D eigenvalue weighted by Crippen LogP contribution is -2.32. The standard InChI is InChI=1S/C17H23NO5S2/c19-17(18-9-3-1-2-4-10-18)14-6-5-7-15(12-14)25(22,23)16-8-11-24(20,21)13-16/h5-7,12,16H,1-4,8-11,13H2. The molecule has 2 fully saturated rings. The van der Waals surface area contributed by atoms with Crippen LogP contribution in [0, 0.1) is 0 Å². The highest BCUT2D eigenvalue weighted by Crippen LogP contribution is 2.26. The maximum Gasteiger partial charge on any atom is 0.253 e. The molecule has 2 heterocycles. The summed E-state index contributed by atoms with van der Waals surface area (Å²) in [7, 11) is -7.04. The summed E-state index contributed by atoms with van der Waals surface area (Å²) in [4.78, 5) is 14.5. The van der Waals surface area contributed by atoms with Gasteiger partial charge in [-0.15, -0.1) is 0 Å². The van der Waals surface area contributed by atoms with Crippen molar-refractivity contribution in [3.63, 3.8) is 0 Å². The van der Waals surface area contributed by atoms with Crippen LogP contribution in [-0.4, -0.2) is 57.5 Å². The van der Waals surface area contributed by atoms with Crippen LogP contribution in [0.4, 0.5) is 0 Å². The Morgan fingerprint density at radius 2 is 1.76 bits per heavy atom. The Morgan fingerprint density at radius 3 is 2.36 bits per heavy atom. The number of amides is 1. The lowest BCUT2D eigenvalue weighted by atomic mass is 10.2. The third-order valence-electron chi connectivity index (χ3n) is 4.93. The van der Waals surface area contributed by atoms with E-state index < -0.39 is 24.9 Å². The lowest BCUT2D eigenvalue weighted by molar-refractivity contribution is 0.0761. The Kier molecular flexibility index (Phi) is 5.20. The molecule has 0 aliphatic carbocycles. The van der Waals surface area contributed by atoms with Crippen molar-refractivity contribution in [3.05, 3.63) is 29.8 Å². The van der Waals surface area contributed by atoms with Gasteiger partial charge >= 0.3 is 0 Å². The highest BCUT2D eigenvalue weighted by atomic mass is 32.2. The van der Waals surface area contributed by atoms with Crippen LogP contribution in [0.2, 0.25) is 0 Å². The average Bonchev–Trinajstić information content (AvgIpc) is 2.79. The molecule has 3 rings (SSSR count). The topological polar surface area (TPSA) is 88.6 Å². The quantitative estimate of drug-likeness (QED) is 0.790. The van der Waals surface area contributed by atoms with E-state index in [2.05, 4.69) is 0 Å². The van der Waals surface area contributed by atoms with Crippen molar-refractivity contribution in [1.82, 2.24) is 4.90 Å². The van der Waals surface area contributed by atoms with E-state index in [0.717, 1.165) is 25.7 Å². The first-order chi connectivity index (χ1) is 11.8. The molecule has 1 amide bonds. The summed E-state index contributed by atoms with van der Waals surface area (Å²) in [6.07, 6.45) is 4.25. The molecule has 0 N–H and O–H groups in total. The number of hydrogen-bond acceptors (Lipinski definition) is 5. The maximum absolute atomic E-state index is 12.7. The molecule has 8 heteroatoms. The van der Waals surface area contributed by atoms with Gasteiger partial charge in [0.2, 0.25) is 0 Å². The van der Waals surface area contributed by atoms with Crippen LogP contribution in [-0.2, 0) is 19.7 Å². The van der Waals surface area contributed by atoms with Crippen LogP contribution in [0.25, 0.3) is 0 Å². The molecule has 1 aromatic rings. The molecule has 138 valence electrons. The van der Waals surface area contributed by atoms with Crippen molar-refractivity contribution in [2.75, 3.05) is 24.6 Å². The fourth-order valence-corrected chi connectivity index (χ4v) is 7.86. The smallest absolute Gasteiger partial charge is 0.253 e. The second-order valence-corrected chi connectivity index (χ2v) is 11.3. The lowest BCUT2D eigenvalue weighted by Gasteiger charge is -2.20. The molecule has 0 saturated carbocycles. The third-order valence-corrected chi connectivity index (χ3v) is 9.10. The van der Waals surface area contributed by atoms with E-state index in [0.29, 0.717) is 18.7 Å². The van der Waals surface area contributed by atoms with Crippen molar-refractivity contribution in [3.8, 4) is 0 Å². The van der Waals surface area contributed by atoms with E-state index in [-0.39, 0.29) is 28.7 Å². The summed E-state index contributed by atoms with van der Waals surface area (Å²) in [6, 6.07) is 6.02. The Balaban J connectivity index is 1.84. The third kappa shape index (κ3) is 4.06. The van der Waals surface area contributed by atoms with Gasteiger partial charge < -0.3 is 4.90 Å². The molecule has 2 saturated heterocycles. The zero-order valence-corrected chi connectivity index (χ0v) is 15.7. The number of carbonyl (C=O) groups is 1. The molecule has 6 nitrogen and oxygen atoms in total. The normalized spacial score (nSPS) is 24.0. The molecule has 1 aromatic carbocycles. The molecular weight excluding hydrogens is 362 g/mol. The van der Waals surface area contributed by atoms with Gasteiger partial charge in [-0.1, -0.05) is 18.9 Å². The van der Waals surface area contributed by atoms with E-state index in [1.165, 1.54) is 12.1 Å². The van der Waals surface area contributed by atoms with Crippen LogP contribution < -0.4 is 0 Å². The van der Waals surface area contributed by atoms with Gasteiger partial charge in [0, 0.05) is 18.7 Å². The summed E-state index contributed by atoms with van der Waals surface area (Å²) in [6.45, 7) is 1.38. The number of rotatable bonds is 3. The molecule has 0 radical (unpaired) electrons. The maximum atomic E-state index is 12.7. The first-order valence-corrected chi connectivity index (χ1v) is 12.0. The largest absolute Gasteiger partial charge is 0.339 e. The number of nitrogens with zero attached hydrogens (tertiary/aromatic N) is 1. The number of sulfone groups is 2. The summed E-state index contributed by atoms with van der Waals surface area (Å²) < 4.78 is 48.7. The van der Waals surface area contributed by atoms with Gasteiger partial charge in [-0.2, -0.15) is 0 Å². The van der Waals surface area contributed by atoms with Gasteiger partial charge in [-0.05, 0) is 37.5 Å². The molecular formula is C17H23NO5S2. The monoisotopic (exact) mass is 385 g/mol. The van der Waals surface area contributed by atoms with Gasteiger partial charge in [0.25, 0.3) is 5.91 Å². The van der Waals surface area contributed by atoms with Gasteiger partial charge in [0.1, 0.15) is 0 Å². The molecule has 0 bridgehead atoms. The Morgan fingerprint density at radius 1 is 1.08 bits per heavy atom. The minimum absolute atomic E-state index is 0.0373. The van der Waals surface area contributed by atoms with Gasteiger partial charge in [0.15, 0.2) is 19.7 Å². The van der Waals surface area contributed by atoms with Crippen molar-refractivity contribution < 1.29 is 21.6 Å².